The molecule has 30 heavy (non-hydrogen) atoms. The summed E-state index contributed by atoms with van der Waals surface area (Å²) in [6, 6.07) is 6.14. The molecular formula is C21H30F3N5O. The van der Waals surface area contributed by atoms with Crippen LogP contribution in [0.3, 0.4) is 0 Å². The second-order valence-electron chi connectivity index (χ2n) is 8.19. The minimum Gasteiger partial charge on any atom is -0.354 e. The molecule has 6 nitrogen and oxygen atoms in total. The number of rotatable bonds is 6. The zero-order chi connectivity index (χ0) is 21.7. The number of carbonyl (C=O) groups is 1. The molecule has 0 unspecified atom stereocenters. The zero-order valence-electron chi connectivity index (χ0n) is 17.5. The number of likely N-dealkylation sites (tertiary alicyclic amines) is 1. The Morgan fingerprint density at radius 3 is 2.50 bits per heavy atom. The number of nitrogens with zero attached hydrogens (tertiary/aromatic N) is 3. The van der Waals surface area contributed by atoms with Crippen LogP contribution in [0.4, 0.5) is 13.2 Å². The fourth-order valence-corrected chi connectivity index (χ4v) is 3.53. The van der Waals surface area contributed by atoms with E-state index < -0.39 is 11.7 Å². The summed E-state index contributed by atoms with van der Waals surface area (Å²) in [5, 5.41) is 6.39. The molecule has 2 N–H and O–H groups in total. The normalized spacial score (nSPS) is 18.9. The molecule has 1 amide bonds. The van der Waals surface area contributed by atoms with Gasteiger partial charge in [-0.1, -0.05) is 12.1 Å². The first-order valence-corrected chi connectivity index (χ1v) is 10.4. The van der Waals surface area contributed by atoms with Crippen molar-refractivity contribution in [1.29, 1.82) is 0 Å². The van der Waals surface area contributed by atoms with E-state index >= 15 is 0 Å². The highest BCUT2D eigenvalue weighted by Gasteiger charge is 2.32. The third-order valence-electron chi connectivity index (χ3n) is 5.51. The van der Waals surface area contributed by atoms with Gasteiger partial charge in [0.15, 0.2) is 5.96 Å². The Morgan fingerprint density at radius 2 is 1.90 bits per heavy atom. The highest BCUT2D eigenvalue weighted by molar-refractivity contribution is 5.86. The molecule has 166 valence electrons. The van der Waals surface area contributed by atoms with Crippen molar-refractivity contribution in [1.82, 2.24) is 20.4 Å². The van der Waals surface area contributed by atoms with Crippen molar-refractivity contribution in [3.63, 3.8) is 0 Å². The summed E-state index contributed by atoms with van der Waals surface area (Å²) in [5.41, 5.74) is -0.221. The topological polar surface area (TPSA) is 60.0 Å². The molecule has 0 bridgehead atoms. The Bertz CT molecular complexity index is 753. The maximum Gasteiger partial charge on any atom is 0.416 e. The van der Waals surface area contributed by atoms with E-state index in [1.54, 1.807) is 20.2 Å². The van der Waals surface area contributed by atoms with Crippen LogP contribution < -0.4 is 10.6 Å². The summed E-state index contributed by atoms with van der Waals surface area (Å²) in [5.74, 6) is 0.347. The van der Waals surface area contributed by atoms with Gasteiger partial charge in [0.05, 0.1) is 18.7 Å². The molecule has 1 saturated carbocycles. The Hall–Kier alpha value is -2.29. The van der Waals surface area contributed by atoms with Crippen LogP contribution in [-0.2, 0) is 17.5 Å². The number of alkyl halides is 3. The van der Waals surface area contributed by atoms with E-state index in [2.05, 4.69) is 20.5 Å². The molecule has 1 aliphatic heterocycles. The van der Waals surface area contributed by atoms with Crippen LogP contribution in [0.25, 0.3) is 0 Å². The van der Waals surface area contributed by atoms with Gasteiger partial charge < -0.3 is 20.4 Å². The number of nitrogens with one attached hydrogen (secondary N) is 2. The van der Waals surface area contributed by atoms with Crippen molar-refractivity contribution >= 4 is 11.9 Å². The van der Waals surface area contributed by atoms with Crippen molar-refractivity contribution in [3.05, 3.63) is 35.4 Å². The number of hydrogen-bond donors (Lipinski definition) is 2. The van der Waals surface area contributed by atoms with Crippen molar-refractivity contribution in [2.45, 2.75) is 50.5 Å². The van der Waals surface area contributed by atoms with Gasteiger partial charge in [0.25, 0.3) is 0 Å². The Labute approximate surface area is 175 Å². The lowest BCUT2D eigenvalue weighted by atomic mass is 10.1. The van der Waals surface area contributed by atoms with Gasteiger partial charge in [0, 0.05) is 39.3 Å². The smallest absolute Gasteiger partial charge is 0.354 e. The number of likely N-dealkylation sites (N-methyl/N-ethyl adjacent to an activating group) is 1. The lowest BCUT2D eigenvalue weighted by molar-refractivity contribution is -0.137. The van der Waals surface area contributed by atoms with Crippen LogP contribution in [0.5, 0.6) is 0 Å². The van der Waals surface area contributed by atoms with Crippen LogP contribution in [-0.4, -0.2) is 67.5 Å². The van der Waals surface area contributed by atoms with Crippen molar-refractivity contribution in [2.75, 3.05) is 33.7 Å². The molecule has 1 aliphatic carbocycles. The molecule has 1 aromatic carbocycles. The fraction of sp³-hybridized carbons (Fsp3) is 0.619. The van der Waals surface area contributed by atoms with Gasteiger partial charge in [0.2, 0.25) is 5.91 Å². The number of amides is 1. The van der Waals surface area contributed by atoms with E-state index in [1.165, 1.54) is 23.8 Å². The molecule has 1 heterocycles. The molecular weight excluding hydrogens is 395 g/mol. The largest absolute Gasteiger partial charge is 0.416 e. The first kappa shape index (κ1) is 22.4. The summed E-state index contributed by atoms with van der Waals surface area (Å²) in [6.45, 7) is 2.22. The fourth-order valence-electron chi connectivity index (χ4n) is 3.53. The predicted octanol–water partition coefficient (Wildman–Crippen LogP) is 2.46. The Balaban J connectivity index is 1.63. The standard InChI is InChI=1S/C21H30F3N5O/c1-28(2)19(30)14-26-20(27-17-8-10-29(11-9-17)18-6-7-18)25-13-15-4-3-5-16(12-15)21(22,23)24/h3-5,12,17-18H,6-11,13-14H2,1-2H3,(H2,25,26,27). The van der Waals surface area contributed by atoms with Gasteiger partial charge in [0.1, 0.15) is 0 Å². The monoisotopic (exact) mass is 425 g/mol. The maximum absolute atomic E-state index is 12.9. The van der Waals surface area contributed by atoms with Crippen molar-refractivity contribution in [2.24, 2.45) is 4.99 Å². The molecule has 0 aromatic heterocycles. The van der Waals surface area contributed by atoms with Gasteiger partial charge in [-0.2, -0.15) is 13.2 Å². The summed E-state index contributed by atoms with van der Waals surface area (Å²) >= 11 is 0. The lowest BCUT2D eigenvalue weighted by Gasteiger charge is -2.33. The summed E-state index contributed by atoms with van der Waals surface area (Å²) in [6.07, 6.45) is 0.142. The Kier molecular flexibility index (Phi) is 7.23. The molecule has 3 rings (SSSR count). The molecule has 2 aliphatic rings. The first-order valence-electron chi connectivity index (χ1n) is 10.4. The van der Waals surface area contributed by atoms with E-state index in [-0.39, 0.29) is 25.0 Å². The van der Waals surface area contributed by atoms with E-state index in [1.807, 2.05) is 0 Å². The van der Waals surface area contributed by atoms with Gasteiger partial charge in [-0.3, -0.25) is 4.79 Å². The van der Waals surface area contributed by atoms with Crippen LogP contribution in [0.2, 0.25) is 0 Å². The zero-order valence-corrected chi connectivity index (χ0v) is 17.5. The van der Waals surface area contributed by atoms with Crippen LogP contribution in [0, 0.1) is 0 Å². The average molecular weight is 425 g/mol. The minimum absolute atomic E-state index is 0.0718. The average Bonchev–Trinajstić information content (AvgIpc) is 3.55. The van der Waals surface area contributed by atoms with E-state index in [9.17, 15) is 18.0 Å². The summed E-state index contributed by atoms with van der Waals surface area (Å²) in [4.78, 5) is 20.4. The number of hydrogen-bond acceptors (Lipinski definition) is 3. The summed E-state index contributed by atoms with van der Waals surface area (Å²) in [7, 11) is 3.34. The first-order chi connectivity index (χ1) is 14.2. The SMILES string of the molecule is CN(C)C(=O)CNC(=NCc1cccc(C(F)(F)F)c1)NC1CCN(C2CC2)CC1. The number of benzene rings is 1. The molecule has 0 radical (unpaired) electrons. The van der Waals surface area contributed by atoms with Crippen LogP contribution >= 0.6 is 0 Å². The van der Waals surface area contributed by atoms with Crippen LogP contribution in [0.1, 0.15) is 36.8 Å². The van der Waals surface area contributed by atoms with E-state index in [0.29, 0.717) is 11.5 Å². The number of guanidine groups is 1. The van der Waals surface area contributed by atoms with Crippen molar-refractivity contribution in [3.8, 4) is 0 Å². The lowest BCUT2D eigenvalue weighted by Crippen LogP contribution is -2.50. The van der Waals surface area contributed by atoms with Crippen molar-refractivity contribution < 1.29 is 18.0 Å². The van der Waals surface area contributed by atoms with Gasteiger partial charge in [-0.05, 0) is 43.4 Å². The Morgan fingerprint density at radius 1 is 1.20 bits per heavy atom. The molecule has 0 spiro atoms. The molecule has 1 saturated heterocycles. The second kappa shape index (κ2) is 9.68. The number of aliphatic imine (C=N–C) groups is 1. The van der Waals surface area contributed by atoms with E-state index in [4.69, 9.17) is 0 Å². The number of piperidine rings is 1. The van der Waals surface area contributed by atoms with Crippen LogP contribution in [0.15, 0.2) is 29.3 Å². The highest BCUT2D eigenvalue weighted by atomic mass is 19.4. The number of carbonyl (C=O) groups excluding carboxylic acids is 1. The molecule has 2 fully saturated rings. The third-order valence-corrected chi connectivity index (χ3v) is 5.51. The molecule has 9 heteroatoms. The molecule has 1 aromatic rings. The molecule has 0 atom stereocenters. The number of halogens is 3. The second-order valence-corrected chi connectivity index (χ2v) is 8.19. The predicted molar refractivity (Wildman–Crippen MR) is 110 cm³/mol. The quantitative estimate of drug-likeness (QED) is 0.543. The maximum atomic E-state index is 12.9. The highest BCUT2D eigenvalue weighted by Crippen LogP contribution is 2.30. The minimum atomic E-state index is -4.38. The third kappa shape index (κ3) is 6.62. The van der Waals surface area contributed by atoms with E-state index in [0.717, 1.165) is 44.1 Å². The van der Waals surface area contributed by atoms with Gasteiger partial charge in [-0.25, -0.2) is 4.99 Å². The summed E-state index contributed by atoms with van der Waals surface area (Å²) < 4.78 is 38.8. The van der Waals surface area contributed by atoms with Gasteiger partial charge >= 0.3 is 6.18 Å². The van der Waals surface area contributed by atoms with Gasteiger partial charge in [-0.15, -0.1) is 0 Å².